The number of nitrogens with zero attached hydrogens (tertiary/aromatic N) is 2. The van der Waals surface area contributed by atoms with E-state index < -0.39 is 0 Å². The third-order valence-electron chi connectivity index (χ3n) is 1.89. The van der Waals surface area contributed by atoms with E-state index in [4.69, 9.17) is 0 Å². The summed E-state index contributed by atoms with van der Waals surface area (Å²) in [6, 6.07) is 3.96. The number of thiazole rings is 1. The molecule has 0 radical (unpaired) electrons. The van der Waals surface area contributed by atoms with Crippen LogP contribution in [-0.2, 0) is 6.42 Å². The molecule has 0 amide bonds. The minimum Gasteiger partial charge on any atom is -0.357 e. The summed E-state index contributed by atoms with van der Waals surface area (Å²) in [7, 11) is 0. The summed E-state index contributed by atoms with van der Waals surface area (Å²) in [5.74, 6) is 0. The highest BCUT2D eigenvalue weighted by Crippen LogP contribution is 2.22. The van der Waals surface area contributed by atoms with Crippen molar-refractivity contribution < 1.29 is 5.73 Å². The maximum atomic E-state index is 4.51. The Balaban J connectivity index is 2.25. The minimum absolute atomic E-state index is 0.899. The highest BCUT2D eigenvalue weighted by atomic mass is 32.1. The third kappa shape index (κ3) is 1.97. The van der Waals surface area contributed by atoms with Gasteiger partial charge in [-0.05, 0) is 12.1 Å². The molecular weight excluding hydrogens is 194 g/mol. The van der Waals surface area contributed by atoms with Gasteiger partial charge >= 0.3 is 0 Å². The topological polar surface area (TPSA) is 53.4 Å². The zero-order chi connectivity index (χ0) is 9.80. The van der Waals surface area contributed by atoms with Gasteiger partial charge in [-0.3, -0.25) is 4.98 Å². The SMILES string of the molecule is [NH3+]CCc1csc(-c2cccnc2)n1. The van der Waals surface area contributed by atoms with Gasteiger partial charge in [-0.1, -0.05) is 0 Å². The average Bonchev–Trinajstić information content (AvgIpc) is 2.68. The van der Waals surface area contributed by atoms with E-state index in [0.29, 0.717) is 0 Å². The fourth-order valence-electron chi connectivity index (χ4n) is 1.22. The Labute approximate surface area is 86.6 Å². The lowest BCUT2D eigenvalue weighted by Crippen LogP contribution is -2.51. The van der Waals surface area contributed by atoms with Gasteiger partial charge in [-0.25, -0.2) is 4.98 Å². The zero-order valence-corrected chi connectivity index (χ0v) is 8.63. The monoisotopic (exact) mass is 206 g/mol. The van der Waals surface area contributed by atoms with Gasteiger partial charge < -0.3 is 5.73 Å². The third-order valence-corrected chi connectivity index (χ3v) is 2.83. The first-order valence-corrected chi connectivity index (χ1v) is 5.42. The van der Waals surface area contributed by atoms with E-state index in [-0.39, 0.29) is 0 Å². The Morgan fingerprint density at radius 2 is 2.36 bits per heavy atom. The second-order valence-electron chi connectivity index (χ2n) is 2.99. The van der Waals surface area contributed by atoms with Gasteiger partial charge in [0.1, 0.15) is 5.01 Å². The number of hydrogen-bond acceptors (Lipinski definition) is 3. The van der Waals surface area contributed by atoms with Crippen molar-refractivity contribution in [1.82, 2.24) is 9.97 Å². The summed E-state index contributed by atoms with van der Waals surface area (Å²) in [5, 5.41) is 3.13. The summed E-state index contributed by atoms with van der Waals surface area (Å²) in [6.45, 7) is 0.899. The van der Waals surface area contributed by atoms with E-state index in [1.807, 2.05) is 18.3 Å². The molecule has 0 unspecified atom stereocenters. The van der Waals surface area contributed by atoms with Crippen LogP contribution in [0.2, 0.25) is 0 Å². The molecule has 0 atom stereocenters. The van der Waals surface area contributed by atoms with Gasteiger partial charge in [0.05, 0.1) is 12.2 Å². The molecule has 0 aliphatic carbocycles. The summed E-state index contributed by atoms with van der Waals surface area (Å²) in [6.07, 6.45) is 4.57. The summed E-state index contributed by atoms with van der Waals surface area (Å²) in [4.78, 5) is 8.58. The van der Waals surface area contributed by atoms with Gasteiger partial charge in [0.2, 0.25) is 0 Å². The second kappa shape index (κ2) is 4.30. The highest BCUT2D eigenvalue weighted by molar-refractivity contribution is 7.13. The largest absolute Gasteiger partial charge is 0.357 e. The second-order valence-corrected chi connectivity index (χ2v) is 3.85. The van der Waals surface area contributed by atoms with Crippen molar-refractivity contribution in [2.24, 2.45) is 0 Å². The molecule has 2 aromatic rings. The molecule has 0 aliphatic rings. The first-order chi connectivity index (χ1) is 6.90. The number of aromatic nitrogens is 2. The normalized spacial score (nSPS) is 10.4. The lowest BCUT2D eigenvalue weighted by Gasteiger charge is -1.92. The molecule has 0 bridgehead atoms. The molecule has 0 saturated heterocycles. The van der Waals surface area contributed by atoms with Crippen LogP contribution in [0.5, 0.6) is 0 Å². The van der Waals surface area contributed by atoms with Crippen LogP contribution >= 0.6 is 11.3 Å². The highest BCUT2D eigenvalue weighted by Gasteiger charge is 2.03. The van der Waals surface area contributed by atoms with Gasteiger partial charge in [-0.15, -0.1) is 11.3 Å². The van der Waals surface area contributed by atoms with Crippen LogP contribution in [0.3, 0.4) is 0 Å². The first kappa shape index (κ1) is 9.30. The molecule has 4 heteroatoms. The quantitative estimate of drug-likeness (QED) is 0.814. The summed E-state index contributed by atoms with van der Waals surface area (Å²) >= 11 is 1.66. The average molecular weight is 206 g/mol. The smallest absolute Gasteiger partial charge is 0.125 e. The predicted octanol–water partition coefficient (Wildman–Crippen LogP) is 0.990. The fraction of sp³-hybridized carbons (Fsp3) is 0.200. The van der Waals surface area contributed by atoms with E-state index >= 15 is 0 Å². The molecule has 0 fully saturated rings. The van der Waals surface area contributed by atoms with Crippen molar-refractivity contribution in [3.8, 4) is 10.6 Å². The molecule has 14 heavy (non-hydrogen) atoms. The van der Waals surface area contributed by atoms with Crippen molar-refractivity contribution in [1.29, 1.82) is 0 Å². The van der Waals surface area contributed by atoms with Gasteiger partial charge in [-0.2, -0.15) is 0 Å². The fourth-order valence-corrected chi connectivity index (χ4v) is 2.07. The van der Waals surface area contributed by atoms with Crippen molar-refractivity contribution in [2.45, 2.75) is 6.42 Å². The standard InChI is InChI=1S/C10H11N3S/c11-4-3-9-7-14-10(13-9)8-2-1-5-12-6-8/h1-2,5-7H,3-4,11H2/p+1. The molecular formula is C10H12N3S+. The zero-order valence-electron chi connectivity index (χ0n) is 7.81. The van der Waals surface area contributed by atoms with Crippen LogP contribution in [0.25, 0.3) is 10.6 Å². The van der Waals surface area contributed by atoms with Crippen LogP contribution in [-0.4, -0.2) is 16.5 Å². The molecule has 72 valence electrons. The van der Waals surface area contributed by atoms with Gasteiger partial charge in [0, 0.05) is 29.8 Å². The molecule has 0 aromatic carbocycles. The van der Waals surface area contributed by atoms with Crippen molar-refractivity contribution in [3.05, 3.63) is 35.6 Å². The summed E-state index contributed by atoms with van der Waals surface area (Å²) in [5.41, 5.74) is 6.03. The van der Waals surface area contributed by atoms with E-state index in [1.54, 1.807) is 17.5 Å². The van der Waals surface area contributed by atoms with Crippen LogP contribution in [0.15, 0.2) is 29.9 Å². The Kier molecular flexibility index (Phi) is 2.86. The Morgan fingerprint density at radius 3 is 3.07 bits per heavy atom. The molecule has 3 N–H and O–H groups in total. The van der Waals surface area contributed by atoms with Crippen LogP contribution in [0, 0.1) is 0 Å². The Morgan fingerprint density at radius 1 is 1.43 bits per heavy atom. The number of hydrogen-bond donors (Lipinski definition) is 1. The number of rotatable bonds is 3. The van der Waals surface area contributed by atoms with Crippen molar-refractivity contribution in [2.75, 3.05) is 6.54 Å². The Hall–Kier alpha value is -1.26. The molecule has 3 nitrogen and oxygen atoms in total. The van der Waals surface area contributed by atoms with Gasteiger partial charge in [0.15, 0.2) is 0 Å². The molecule has 2 aromatic heterocycles. The van der Waals surface area contributed by atoms with Gasteiger partial charge in [0.25, 0.3) is 0 Å². The van der Waals surface area contributed by atoms with Crippen molar-refractivity contribution in [3.63, 3.8) is 0 Å². The van der Waals surface area contributed by atoms with E-state index in [1.165, 1.54) is 0 Å². The molecule has 0 saturated carbocycles. The molecule has 2 rings (SSSR count). The minimum atomic E-state index is 0.899. The number of quaternary nitrogens is 1. The lowest BCUT2D eigenvalue weighted by atomic mass is 10.3. The Bertz CT molecular complexity index is 397. The maximum Gasteiger partial charge on any atom is 0.125 e. The predicted molar refractivity (Wildman–Crippen MR) is 56.8 cm³/mol. The molecule has 2 heterocycles. The van der Waals surface area contributed by atoms with E-state index in [0.717, 1.165) is 29.2 Å². The van der Waals surface area contributed by atoms with Crippen LogP contribution in [0.1, 0.15) is 5.69 Å². The number of pyridine rings is 1. The van der Waals surface area contributed by atoms with E-state index in [2.05, 4.69) is 21.1 Å². The molecule has 0 aliphatic heterocycles. The summed E-state index contributed by atoms with van der Waals surface area (Å²) < 4.78 is 0. The van der Waals surface area contributed by atoms with Crippen LogP contribution < -0.4 is 5.73 Å². The molecule has 0 spiro atoms. The van der Waals surface area contributed by atoms with Crippen molar-refractivity contribution >= 4 is 11.3 Å². The first-order valence-electron chi connectivity index (χ1n) is 4.54. The maximum absolute atomic E-state index is 4.51. The lowest BCUT2D eigenvalue weighted by molar-refractivity contribution is -0.366. The van der Waals surface area contributed by atoms with E-state index in [9.17, 15) is 0 Å². The van der Waals surface area contributed by atoms with Crippen LogP contribution in [0.4, 0.5) is 0 Å².